The Hall–Kier alpha value is -2.61. The van der Waals surface area contributed by atoms with Crippen LogP contribution >= 0.6 is 0 Å². The Morgan fingerprint density at radius 2 is 1.89 bits per heavy atom. The first-order chi connectivity index (χ1) is 13.4. The van der Waals surface area contributed by atoms with E-state index in [1.165, 1.54) is 10.6 Å². The van der Waals surface area contributed by atoms with Crippen molar-refractivity contribution in [3.05, 3.63) is 47.7 Å². The molecule has 3 heterocycles. The molecule has 1 aromatic heterocycles. The van der Waals surface area contributed by atoms with Crippen molar-refractivity contribution in [3.8, 4) is 0 Å². The number of rotatable bonds is 4. The van der Waals surface area contributed by atoms with Gasteiger partial charge in [0.05, 0.1) is 17.6 Å². The van der Waals surface area contributed by atoms with E-state index in [1.807, 2.05) is 12.1 Å². The van der Waals surface area contributed by atoms with Crippen molar-refractivity contribution in [1.29, 1.82) is 0 Å². The summed E-state index contributed by atoms with van der Waals surface area (Å²) in [5.41, 5.74) is 2.77. The number of fused-ring (bicyclic) bond motifs is 1. The van der Waals surface area contributed by atoms with E-state index in [1.54, 1.807) is 24.4 Å². The summed E-state index contributed by atoms with van der Waals surface area (Å²) in [6.07, 6.45) is 6.71. The summed E-state index contributed by atoms with van der Waals surface area (Å²) in [6, 6.07) is 8.89. The minimum Gasteiger partial charge on any atom is -0.355 e. The van der Waals surface area contributed by atoms with Gasteiger partial charge in [0.1, 0.15) is 0 Å². The average Bonchev–Trinajstić information content (AvgIpc) is 3.21. The van der Waals surface area contributed by atoms with Gasteiger partial charge in [-0.25, -0.2) is 13.4 Å². The predicted octanol–water partition coefficient (Wildman–Crippen LogP) is 2.65. The van der Waals surface area contributed by atoms with Crippen LogP contribution in [0.25, 0.3) is 0 Å². The second-order valence-electron chi connectivity index (χ2n) is 7.31. The maximum Gasteiger partial charge on any atom is 0.255 e. The Balaban J connectivity index is 1.59. The average molecular weight is 401 g/mol. The fourth-order valence-electron chi connectivity index (χ4n) is 3.92. The fraction of sp³-hybridized carbons (Fsp3) is 0.400. The third kappa shape index (κ3) is 3.69. The standard InChI is InChI=1S/C20H24N4O3S/c1-28(26,27)24-13-5-6-15-14-16(8-9-18(15)24)20(25)22-17-7-4-10-21-19(17)23-11-2-3-12-23/h4,7-10,14H,2-3,5-6,11-13H2,1H3,(H,22,25). The zero-order valence-electron chi connectivity index (χ0n) is 15.9. The van der Waals surface area contributed by atoms with Gasteiger partial charge in [0, 0.05) is 31.4 Å². The van der Waals surface area contributed by atoms with Gasteiger partial charge in [-0.05, 0) is 61.6 Å². The van der Waals surface area contributed by atoms with E-state index in [2.05, 4.69) is 15.2 Å². The highest BCUT2D eigenvalue weighted by Gasteiger charge is 2.25. The highest BCUT2D eigenvalue weighted by Crippen LogP contribution is 2.31. The summed E-state index contributed by atoms with van der Waals surface area (Å²) in [5, 5.41) is 2.98. The Kier molecular flexibility index (Phi) is 4.97. The summed E-state index contributed by atoms with van der Waals surface area (Å²) in [5.74, 6) is 0.585. The molecule has 2 aliphatic rings. The zero-order valence-corrected chi connectivity index (χ0v) is 16.7. The van der Waals surface area contributed by atoms with E-state index in [9.17, 15) is 13.2 Å². The molecular formula is C20H24N4O3S. The van der Waals surface area contributed by atoms with Gasteiger partial charge < -0.3 is 10.2 Å². The molecule has 8 heteroatoms. The number of sulfonamides is 1. The normalized spacial score (nSPS) is 16.8. The molecule has 0 bridgehead atoms. The molecular weight excluding hydrogens is 376 g/mol. The number of aromatic nitrogens is 1. The first kappa shape index (κ1) is 18.7. The molecule has 1 saturated heterocycles. The van der Waals surface area contributed by atoms with Gasteiger partial charge in [-0.1, -0.05) is 0 Å². The van der Waals surface area contributed by atoms with Gasteiger partial charge in [-0.3, -0.25) is 9.10 Å². The van der Waals surface area contributed by atoms with Crippen molar-refractivity contribution in [3.63, 3.8) is 0 Å². The maximum absolute atomic E-state index is 12.9. The fourth-order valence-corrected chi connectivity index (χ4v) is 4.91. The van der Waals surface area contributed by atoms with Crippen LogP contribution in [-0.4, -0.2) is 45.2 Å². The lowest BCUT2D eigenvalue weighted by Crippen LogP contribution is -2.34. The largest absolute Gasteiger partial charge is 0.355 e. The van der Waals surface area contributed by atoms with Crippen molar-refractivity contribution in [1.82, 2.24) is 4.98 Å². The van der Waals surface area contributed by atoms with Gasteiger partial charge >= 0.3 is 0 Å². The van der Waals surface area contributed by atoms with E-state index < -0.39 is 10.0 Å². The highest BCUT2D eigenvalue weighted by atomic mass is 32.2. The molecule has 0 spiro atoms. The van der Waals surface area contributed by atoms with E-state index in [4.69, 9.17) is 0 Å². The van der Waals surface area contributed by atoms with Crippen LogP contribution in [0.15, 0.2) is 36.5 Å². The second kappa shape index (κ2) is 7.43. The molecule has 1 fully saturated rings. The topological polar surface area (TPSA) is 82.6 Å². The molecule has 0 saturated carbocycles. The minimum atomic E-state index is -3.32. The van der Waals surface area contributed by atoms with Gasteiger partial charge in [-0.15, -0.1) is 0 Å². The summed E-state index contributed by atoms with van der Waals surface area (Å²) in [6.45, 7) is 2.37. The first-order valence-corrected chi connectivity index (χ1v) is 11.4. The van der Waals surface area contributed by atoms with Crippen LogP contribution in [0.3, 0.4) is 0 Å². The van der Waals surface area contributed by atoms with E-state index in [0.717, 1.165) is 50.2 Å². The van der Waals surface area contributed by atoms with Crippen molar-refractivity contribution in [2.75, 3.05) is 40.4 Å². The van der Waals surface area contributed by atoms with E-state index in [0.29, 0.717) is 23.5 Å². The number of aryl methyl sites for hydroxylation is 1. The smallest absolute Gasteiger partial charge is 0.255 e. The van der Waals surface area contributed by atoms with Gasteiger partial charge in [-0.2, -0.15) is 0 Å². The summed E-state index contributed by atoms with van der Waals surface area (Å²) < 4.78 is 25.4. The monoisotopic (exact) mass is 400 g/mol. The first-order valence-electron chi connectivity index (χ1n) is 9.55. The van der Waals surface area contributed by atoms with Crippen LogP contribution in [0.2, 0.25) is 0 Å². The molecule has 0 aliphatic carbocycles. The number of hydrogen-bond acceptors (Lipinski definition) is 5. The van der Waals surface area contributed by atoms with Crippen LogP contribution < -0.4 is 14.5 Å². The lowest BCUT2D eigenvalue weighted by molar-refractivity contribution is 0.102. The lowest BCUT2D eigenvalue weighted by atomic mass is 10.0. The summed E-state index contributed by atoms with van der Waals surface area (Å²) >= 11 is 0. The summed E-state index contributed by atoms with van der Waals surface area (Å²) in [4.78, 5) is 19.5. The molecule has 2 aromatic rings. The SMILES string of the molecule is CS(=O)(=O)N1CCCc2cc(C(=O)Nc3cccnc3N3CCCC3)ccc21. The van der Waals surface area contributed by atoms with Gasteiger partial charge in [0.2, 0.25) is 10.0 Å². The summed E-state index contributed by atoms with van der Waals surface area (Å²) in [7, 11) is -3.32. The van der Waals surface area contributed by atoms with Crippen molar-refractivity contribution >= 4 is 33.1 Å². The van der Waals surface area contributed by atoms with Crippen LogP contribution in [-0.2, 0) is 16.4 Å². The van der Waals surface area contributed by atoms with Crippen LogP contribution in [0, 0.1) is 0 Å². The minimum absolute atomic E-state index is 0.215. The molecule has 2 aliphatic heterocycles. The zero-order chi connectivity index (χ0) is 19.7. The number of benzene rings is 1. The third-order valence-electron chi connectivity index (χ3n) is 5.26. The van der Waals surface area contributed by atoms with Crippen LogP contribution in [0.4, 0.5) is 17.2 Å². The molecule has 148 valence electrons. The number of hydrogen-bond donors (Lipinski definition) is 1. The third-order valence-corrected chi connectivity index (χ3v) is 6.44. The number of anilines is 3. The Bertz CT molecular complexity index is 1000. The van der Waals surface area contributed by atoms with Crippen LogP contribution in [0.5, 0.6) is 0 Å². The maximum atomic E-state index is 12.9. The number of carbonyl (C=O) groups is 1. The van der Waals surface area contributed by atoms with E-state index >= 15 is 0 Å². The van der Waals surface area contributed by atoms with Crippen molar-refractivity contribution in [2.45, 2.75) is 25.7 Å². The van der Waals surface area contributed by atoms with Crippen molar-refractivity contribution in [2.24, 2.45) is 0 Å². The predicted molar refractivity (Wildman–Crippen MR) is 111 cm³/mol. The molecule has 1 aromatic carbocycles. The number of carbonyl (C=O) groups excluding carboxylic acids is 1. The number of nitrogens with zero attached hydrogens (tertiary/aromatic N) is 3. The number of nitrogens with one attached hydrogen (secondary N) is 1. The Morgan fingerprint density at radius 1 is 1.11 bits per heavy atom. The van der Waals surface area contributed by atoms with Gasteiger partial charge in [0.25, 0.3) is 5.91 Å². The second-order valence-corrected chi connectivity index (χ2v) is 9.21. The number of pyridine rings is 1. The molecule has 7 nitrogen and oxygen atoms in total. The molecule has 28 heavy (non-hydrogen) atoms. The molecule has 0 atom stereocenters. The molecule has 0 radical (unpaired) electrons. The molecule has 1 N–H and O–H groups in total. The van der Waals surface area contributed by atoms with Crippen molar-refractivity contribution < 1.29 is 13.2 Å². The van der Waals surface area contributed by atoms with E-state index in [-0.39, 0.29) is 5.91 Å². The van der Waals surface area contributed by atoms with Crippen LogP contribution in [0.1, 0.15) is 35.2 Å². The van der Waals surface area contributed by atoms with Gasteiger partial charge in [0.15, 0.2) is 5.82 Å². The quantitative estimate of drug-likeness (QED) is 0.853. The molecule has 4 rings (SSSR count). The highest BCUT2D eigenvalue weighted by molar-refractivity contribution is 7.92. The molecule has 0 unspecified atom stereocenters. The number of amides is 1. The molecule has 1 amide bonds. The lowest BCUT2D eigenvalue weighted by Gasteiger charge is -2.29. The Morgan fingerprint density at radius 3 is 2.64 bits per heavy atom. The Labute approximate surface area is 165 Å².